The molecule has 0 aliphatic carbocycles. The van der Waals surface area contributed by atoms with Crippen molar-refractivity contribution in [1.82, 2.24) is 0 Å². The summed E-state index contributed by atoms with van der Waals surface area (Å²) in [6.07, 6.45) is 108. The highest BCUT2D eigenvalue weighted by molar-refractivity contribution is 5.70. The molecule has 558 valence electrons. The van der Waals surface area contributed by atoms with E-state index in [4.69, 9.17) is 18.9 Å². The number of carboxylic acid groups (broad SMARTS) is 1. The first-order valence-corrected chi connectivity index (χ1v) is 40.7. The molecule has 0 spiro atoms. The lowest BCUT2D eigenvalue weighted by atomic mass is 10.0. The minimum absolute atomic E-state index is 0.142. The van der Waals surface area contributed by atoms with E-state index < -0.39 is 24.3 Å². The molecule has 0 saturated carbocycles. The van der Waals surface area contributed by atoms with Crippen molar-refractivity contribution in [2.75, 3.05) is 47.5 Å². The lowest BCUT2D eigenvalue weighted by molar-refractivity contribution is -0.870. The summed E-state index contributed by atoms with van der Waals surface area (Å²) in [7, 11) is 5.93. The third-order valence-electron chi connectivity index (χ3n) is 17.7. The number of unbranched alkanes of at least 4 members (excludes halogenated alkanes) is 40. The van der Waals surface area contributed by atoms with Gasteiger partial charge in [0.2, 0.25) is 0 Å². The molecule has 0 bridgehead atoms. The minimum atomic E-state index is -1.63. The van der Waals surface area contributed by atoms with Crippen LogP contribution in [0.1, 0.15) is 361 Å². The Labute approximate surface area is 599 Å². The van der Waals surface area contributed by atoms with Crippen LogP contribution in [0.15, 0.2) is 122 Å². The number of aliphatic carboxylic acids is 1. The highest BCUT2D eigenvalue weighted by Gasteiger charge is 2.22. The average Bonchev–Trinajstić information content (AvgIpc) is 2.39. The number of carboxylic acids is 1. The Bertz CT molecular complexity index is 2020. The number of hydrogen-bond acceptors (Lipinski definition) is 8. The summed E-state index contributed by atoms with van der Waals surface area (Å²) in [4.78, 5) is 37.6. The maximum atomic E-state index is 13.0. The molecule has 9 heteroatoms. The van der Waals surface area contributed by atoms with Crippen LogP contribution in [0, 0.1) is 0 Å². The van der Waals surface area contributed by atoms with Crippen molar-refractivity contribution in [3.63, 3.8) is 0 Å². The molecule has 97 heavy (non-hydrogen) atoms. The molecule has 0 fully saturated rings. The second kappa shape index (κ2) is 77.4. The minimum Gasteiger partial charge on any atom is -0.545 e. The maximum absolute atomic E-state index is 13.0. The van der Waals surface area contributed by atoms with Crippen molar-refractivity contribution >= 4 is 17.9 Å². The summed E-state index contributed by atoms with van der Waals surface area (Å²) in [6.45, 7) is 4.67. The monoisotopic (exact) mass is 1350 g/mol. The van der Waals surface area contributed by atoms with E-state index in [-0.39, 0.29) is 38.6 Å². The fraction of sp³-hybridized carbons (Fsp3) is 0.739. The van der Waals surface area contributed by atoms with Gasteiger partial charge in [0.25, 0.3) is 0 Å². The molecule has 9 nitrogen and oxygen atoms in total. The van der Waals surface area contributed by atoms with E-state index in [9.17, 15) is 19.5 Å². The molecule has 0 aliphatic heterocycles. The summed E-state index contributed by atoms with van der Waals surface area (Å²) in [5.41, 5.74) is 0. The van der Waals surface area contributed by atoms with Crippen molar-refractivity contribution in [2.45, 2.75) is 373 Å². The molecule has 0 radical (unpaired) electrons. The summed E-state index contributed by atoms with van der Waals surface area (Å²) in [5.74, 6) is -2.28. The Morgan fingerprint density at radius 2 is 0.588 bits per heavy atom. The fourth-order valence-corrected chi connectivity index (χ4v) is 11.6. The Morgan fingerprint density at radius 3 is 0.876 bits per heavy atom. The maximum Gasteiger partial charge on any atom is 0.306 e. The first-order chi connectivity index (χ1) is 47.6. The number of ether oxygens (including phenoxy) is 4. The molecular formula is C88H153NO8. The zero-order valence-corrected chi connectivity index (χ0v) is 63.9. The number of likely N-dealkylation sites (N-methyl/N-ethyl adjacent to an activating group) is 1. The van der Waals surface area contributed by atoms with Crippen molar-refractivity contribution in [3.05, 3.63) is 122 Å². The van der Waals surface area contributed by atoms with Crippen LogP contribution < -0.4 is 5.11 Å². The van der Waals surface area contributed by atoms with Gasteiger partial charge in [-0.15, -0.1) is 0 Å². The molecule has 0 saturated heterocycles. The number of quaternary nitrogens is 1. The van der Waals surface area contributed by atoms with E-state index in [0.717, 1.165) is 109 Å². The van der Waals surface area contributed by atoms with E-state index in [1.54, 1.807) is 0 Å². The van der Waals surface area contributed by atoms with Gasteiger partial charge < -0.3 is 33.3 Å². The van der Waals surface area contributed by atoms with Gasteiger partial charge in [0, 0.05) is 12.8 Å². The highest BCUT2D eigenvalue weighted by atomic mass is 16.7. The normalized spacial score (nSPS) is 13.3. The van der Waals surface area contributed by atoms with Gasteiger partial charge in [-0.05, 0) is 89.9 Å². The molecule has 0 N–H and O–H groups in total. The van der Waals surface area contributed by atoms with Crippen LogP contribution in [0.2, 0.25) is 0 Å². The molecule has 0 aliphatic rings. The quantitative estimate of drug-likeness (QED) is 0.0195. The SMILES string of the molecule is CC/C=C\C/C=C\C/C=C\C/C=C\C/C=C\C/C=C\C/C=C\C/C=C\C/C=C\C/C=C\CCCCCCCCCCC(=O)OC(COC(=O)CCCCCCCCCCCCCCCCCCCCCCCCCCCCCCCCCCC)COC(OCC[N+](C)(C)C)C(=O)[O-]. The van der Waals surface area contributed by atoms with Crippen LogP contribution in [-0.4, -0.2) is 82.3 Å². The molecule has 0 aromatic heterocycles. The van der Waals surface area contributed by atoms with Crippen LogP contribution in [0.25, 0.3) is 0 Å². The topological polar surface area (TPSA) is 111 Å². The second-order valence-electron chi connectivity index (χ2n) is 28.3. The third kappa shape index (κ3) is 78.9. The molecule has 2 atom stereocenters. The summed E-state index contributed by atoms with van der Waals surface area (Å²) in [5, 5.41) is 11.9. The molecule has 0 aromatic carbocycles. The van der Waals surface area contributed by atoms with Crippen LogP contribution in [0.5, 0.6) is 0 Å². The average molecular weight is 1350 g/mol. The van der Waals surface area contributed by atoms with Crippen LogP contribution >= 0.6 is 0 Å². The predicted octanol–water partition coefficient (Wildman–Crippen LogP) is 24.9. The number of carbonyl (C=O) groups excluding carboxylic acids is 3. The van der Waals surface area contributed by atoms with Crippen molar-refractivity contribution < 1.29 is 42.9 Å². The predicted molar refractivity (Wildman–Crippen MR) is 417 cm³/mol. The number of nitrogens with zero attached hydrogens (tertiary/aromatic N) is 1. The number of allylic oxidation sites excluding steroid dienone is 20. The van der Waals surface area contributed by atoms with Crippen LogP contribution in [-0.2, 0) is 33.3 Å². The van der Waals surface area contributed by atoms with Crippen molar-refractivity contribution in [2.24, 2.45) is 0 Å². The van der Waals surface area contributed by atoms with E-state index in [2.05, 4.69) is 135 Å². The summed E-state index contributed by atoms with van der Waals surface area (Å²) >= 11 is 0. The van der Waals surface area contributed by atoms with E-state index in [0.29, 0.717) is 17.4 Å². The van der Waals surface area contributed by atoms with E-state index in [1.807, 2.05) is 21.1 Å². The lowest BCUT2D eigenvalue weighted by Gasteiger charge is -2.26. The first kappa shape index (κ1) is 92.7. The van der Waals surface area contributed by atoms with Gasteiger partial charge in [-0.3, -0.25) is 9.59 Å². The Kier molecular flexibility index (Phi) is 74.0. The Balaban J connectivity index is 4.08. The van der Waals surface area contributed by atoms with Gasteiger partial charge in [0.15, 0.2) is 12.4 Å². The number of rotatable bonds is 75. The van der Waals surface area contributed by atoms with Gasteiger partial charge in [-0.1, -0.05) is 379 Å². The first-order valence-electron chi connectivity index (χ1n) is 40.7. The Hall–Kier alpha value is -4.31. The summed E-state index contributed by atoms with van der Waals surface area (Å²) in [6, 6.07) is 0. The second-order valence-corrected chi connectivity index (χ2v) is 28.3. The molecular weight excluding hydrogens is 1200 g/mol. The Morgan fingerprint density at radius 1 is 0.320 bits per heavy atom. The zero-order valence-electron chi connectivity index (χ0n) is 63.9. The van der Waals surface area contributed by atoms with Gasteiger partial charge in [-0.2, -0.15) is 0 Å². The molecule has 0 heterocycles. The molecule has 0 amide bonds. The fourth-order valence-electron chi connectivity index (χ4n) is 11.6. The van der Waals surface area contributed by atoms with Crippen molar-refractivity contribution in [3.8, 4) is 0 Å². The van der Waals surface area contributed by atoms with Crippen molar-refractivity contribution in [1.29, 1.82) is 0 Å². The number of carbonyl (C=O) groups is 3. The van der Waals surface area contributed by atoms with Crippen LogP contribution in [0.4, 0.5) is 0 Å². The zero-order chi connectivity index (χ0) is 70.4. The standard InChI is InChI=1S/C88H153NO8/c1-6-8-10-12-14-16-18-20-22-24-26-28-30-32-34-36-38-40-41-42-43-44-45-47-49-51-53-55-57-59-61-63-65-67-69-71-73-75-77-79-86(91)97-84(83-96-88(87(92)93)94-81-80-89(3,4)5)82-95-85(90)78-76-74-72-70-68-66-64-62-60-58-56-54-52-50-48-46-39-37-35-33-31-29-27-25-23-21-19-17-15-13-11-9-7-2/h8,10,14,16,20,22,26,28,32,34,38,40,42-43,45,47,51,53,57,59,84,88H,6-7,9,11-13,15,17-19,21,23-25,27,29-31,33,35-37,39,41,44,46,48-50,52,54-56,58,60-83H2,1-5H3/b10-8-,16-14-,22-20-,28-26-,34-32-,40-38-,43-42-,47-45-,53-51-,59-57-. The van der Waals surface area contributed by atoms with Gasteiger partial charge in [-0.25, -0.2) is 0 Å². The van der Waals surface area contributed by atoms with Gasteiger partial charge >= 0.3 is 11.9 Å². The third-order valence-corrected chi connectivity index (χ3v) is 17.7. The smallest absolute Gasteiger partial charge is 0.306 e. The number of hydrogen-bond donors (Lipinski definition) is 0. The van der Waals surface area contributed by atoms with Crippen LogP contribution in [0.3, 0.4) is 0 Å². The number of esters is 2. The highest BCUT2D eigenvalue weighted by Crippen LogP contribution is 2.19. The van der Waals surface area contributed by atoms with E-state index >= 15 is 0 Å². The molecule has 2 unspecified atom stereocenters. The molecule has 0 aromatic rings. The van der Waals surface area contributed by atoms with Gasteiger partial charge in [0.1, 0.15) is 13.2 Å². The summed E-state index contributed by atoms with van der Waals surface area (Å²) < 4.78 is 22.9. The molecule has 0 rings (SSSR count). The van der Waals surface area contributed by atoms with E-state index in [1.165, 1.54) is 218 Å². The lowest BCUT2D eigenvalue weighted by Crippen LogP contribution is -2.44. The van der Waals surface area contributed by atoms with Gasteiger partial charge in [0.05, 0.1) is 40.3 Å². The largest absolute Gasteiger partial charge is 0.545 e.